The van der Waals surface area contributed by atoms with Gasteiger partial charge in [-0.05, 0) is 31.2 Å². The molecule has 0 fully saturated rings. The van der Waals surface area contributed by atoms with Crippen molar-refractivity contribution in [3.8, 4) is 11.3 Å². The topological polar surface area (TPSA) is 114 Å². The van der Waals surface area contributed by atoms with Crippen LogP contribution >= 0.6 is 46.6 Å². The maximum Gasteiger partial charge on any atom is 0.135 e. The zero-order valence-corrected chi connectivity index (χ0v) is 19.9. The minimum atomic E-state index is -1.07. The third-order valence-corrected chi connectivity index (χ3v) is 6.53. The normalized spacial score (nSPS) is 15.3. The van der Waals surface area contributed by atoms with E-state index in [0.29, 0.717) is 31.2 Å². The van der Waals surface area contributed by atoms with E-state index in [1.165, 1.54) is 29.6 Å². The molecular formula is C20H21Cl3N4O4S. The molecule has 2 unspecified atom stereocenters. The van der Waals surface area contributed by atoms with E-state index in [-0.39, 0.29) is 6.54 Å². The lowest BCUT2D eigenvalue weighted by Crippen LogP contribution is -2.39. The van der Waals surface area contributed by atoms with Crippen molar-refractivity contribution in [2.45, 2.75) is 42.1 Å². The first kappa shape index (κ1) is 25.2. The molecule has 0 bridgehead atoms. The first-order valence-electron chi connectivity index (χ1n) is 9.52. The summed E-state index contributed by atoms with van der Waals surface area (Å²) in [5.74, 6) is 0. The van der Waals surface area contributed by atoms with Gasteiger partial charge >= 0.3 is 0 Å². The zero-order chi connectivity index (χ0) is 23.3. The number of hydrogen-bond acceptors (Lipinski definition) is 8. The molecule has 0 aliphatic rings. The number of aromatic nitrogens is 4. The second-order valence-corrected chi connectivity index (χ2v) is 9.37. The van der Waals surface area contributed by atoms with Gasteiger partial charge in [-0.15, -0.1) is 5.10 Å². The Hall–Kier alpha value is -1.43. The highest BCUT2D eigenvalue weighted by Crippen LogP contribution is 2.33. The first-order chi connectivity index (χ1) is 15.3. The number of pyridine rings is 1. The van der Waals surface area contributed by atoms with E-state index < -0.39 is 30.4 Å². The summed E-state index contributed by atoms with van der Waals surface area (Å²) in [4.78, 5) is 4.72. The van der Waals surface area contributed by atoms with Crippen molar-refractivity contribution in [1.29, 1.82) is 0 Å². The fourth-order valence-electron chi connectivity index (χ4n) is 2.71. The lowest BCUT2D eigenvalue weighted by molar-refractivity contribution is -0.0972. The van der Waals surface area contributed by atoms with Gasteiger partial charge in [0.2, 0.25) is 0 Å². The Bertz CT molecular complexity index is 1040. The van der Waals surface area contributed by atoms with E-state index in [4.69, 9.17) is 39.5 Å². The molecule has 0 aliphatic heterocycles. The van der Waals surface area contributed by atoms with Gasteiger partial charge in [0.25, 0.3) is 0 Å². The van der Waals surface area contributed by atoms with E-state index in [1.807, 2.05) is 0 Å². The van der Waals surface area contributed by atoms with Crippen LogP contribution in [0.15, 0.2) is 47.8 Å². The fourth-order valence-corrected chi connectivity index (χ4v) is 4.29. The number of ether oxygens (including phenoxy) is 1. The monoisotopic (exact) mass is 518 g/mol. The van der Waals surface area contributed by atoms with Gasteiger partial charge < -0.3 is 20.1 Å². The quantitative estimate of drug-likeness (QED) is 0.275. The van der Waals surface area contributed by atoms with Gasteiger partial charge in [0.05, 0.1) is 40.5 Å². The van der Waals surface area contributed by atoms with Crippen LogP contribution in [0.25, 0.3) is 11.3 Å². The smallest absolute Gasteiger partial charge is 0.135 e. The summed E-state index contributed by atoms with van der Waals surface area (Å²) >= 11 is 19.2. The van der Waals surface area contributed by atoms with Gasteiger partial charge in [-0.1, -0.05) is 51.8 Å². The van der Waals surface area contributed by atoms with E-state index in [0.717, 1.165) is 0 Å². The van der Waals surface area contributed by atoms with Crippen molar-refractivity contribution in [3.63, 3.8) is 0 Å². The predicted octanol–water partition coefficient (Wildman–Crippen LogP) is 3.54. The van der Waals surface area contributed by atoms with Gasteiger partial charge in [-0.3, -0.25) is 4.98 Å². The van der Waals surface area contributed by atoms with Crippen molar-refractivity contribution in [2.75, 3.05) is 6.61 Å². The largest absolute Gasteiger partial charge is 0.394 e. The van der Waals surface area contributed by atoms with Gasteiger partial charge in [0, 0.05) is 22.9 Å². The summed E-state index contributed by atoms with van der Waals surface area (Å²) < 4.78 is 7.29. The highest BCUT2D eigenvalue weighted by molar-refractivity contribution is 7.99. The zero-order valence-electron chi connectivity index (χ0n) is 16.8. The van der Waals surface area contributed by atoms with Crippen LogP contribution < -0.4 is 0 Å². The van der Waals surface area contributed by atoms with Crippen LogP contribution in [0.5, 0.6) is 0 Å². The van der Waals surface area contributed by atoms with Crippen molar-refractivity contribution < 1.29 is 20.1 Å². The molecule has 4 atom stereocenters. The fraction of sp³-hybridized carbons (Fsp3) is 0.350. The van der Waals surface area contributed by atoms with Crippen molar-refractivity contribution >= 4 is 46.6 Å². The van der Waals surface area contributed by atoms with Gasteiger partial charge in [0.1, 0.15) is 23.3 Å². The van der Waals surface area contributed by atoms with Crippen LogP contribution in [0.4, 0.5) is 0 Å². The van der Waals surface area contributed by atoms with E-state index in [9.17, 15) is 15.3 Å². The molecule has 0 amide bonds. The number of benzene rings is 1. The standard InChI is InChI=1S/C20H21Cl3N4O4S/c1-11(29)19(10-28)31-20(32-14-2-3-15(22)16(23)5-14)18(30)9-27-8-17(25-26-27)12-4-13(21)7-24-6-12/h2-8,11,18-20,28-30H,9-10H2,1H3/t11-,18+,19?,20?/m1/s1. The predicted molar refractivity (Wildman–Crippen MR) is 124 cm³/mol. The summed E-state index contributed by atoms with van der Waals surface area (Å²) in [6, 6.07) is 6.72. The summed E-state index contributed by atoms with van der Waals surface area (Å²) in [7, 11) is 0. The second-order valence-electron chi connectivity index (χ2n) is 6.94. The molecule has 2 aromatic heterocycles. The SMILES string of the molecule is C[C@@H](O)C(CO)OC(Sc1ccc(Cl)c(Cl)c1)[C@@H](O)Cn1cc(-c2cncc(Cl)c2)nn1. The molecule has 0 saturated carbocycles. The molecule has 172 valence electrons. The Morgan fingerprint density at radius 2 is 1.91 bits per heavy atom. The molecule has 0 saturated heterocycles. The summed E-state index contributed by atoms with van der Waals surface area (Å²) in [5, 5.41) is 39.7. The highest BCUT2D eigenvalue weighted by atomic mass is 35.5. The number of aliphatic hydroxyl groups is 3. The minimum Gasteiger partial charge on any atom is -0.394 e. The molecule has 3 rings (SSSR count). The average molecular weight is 520 g/mol. The lowest BCUT2D eigenvalue weighted by Gasteiger charge is -2.28. The van der Waals surface area contributed by atoms with Crippen LogP contribution in [0.3, 0.4) is 0 Å². The molecule has 0 radical (unpaired) electrons. The van der Waals surface area contributed by atoms with Gasteiger partial charge in [-0.25, -0.2) is 4.68 Å². The molecule has 32 heavy (non-hydrogen) atoms. The number of rotatable bonds is 10. The lowest BCUT2D eigenvalue weighted by atomic mass is 10.2. The Morgan fingerprint density at radius 1 is 1.12 bits per heavy atom. The molecule has 3 N–H and O–H groups in total. The summed E-state index contributed by atoms with van der Waals surface area (Å²) in [6.45, 7) is 1.12. The second kappa shape index (κ2) is 11.6. The van der Waals surface area contributed by atoms with Crippen LogP contribution in [0.2, 0.25) is 15.1 Å². The molecule has 3 aromatic rings. The highest BCUT2D eigenvalue weighted by Gasteiger charge is 2.28. The van der Waals surface area contributed by atoms with Crippen LogP contribution in [0.1, 0.15) is 6.92 Å². The number of halogens is 3. The molecule has 0 aliphatic carbocycles. The van der Waals surface area contributed by atoms with E-state index in [1.54, 1.807) is 36.7 Å². The third kappa shape index (κ3) is 6.79. The maximum atomic E-state index is 10.9. The molecule has 0 spiro atoms. The minimum absolute atomic E-state index is 0.0396. The third-order valence-electron chi connectivity index (χ3n) is 4.40. The maximum absolute atomic E-state index is 10.9. The molecule has 2 heterocycles. The molecule has 12 heteroatoms. The van der Waals surface area contributed by atoms with Crippen LogP contribution in [-0.4, -0.2) is 65.7 Å². The Labute approximate surface area is 204 Å². The van der Waals surface area contributed by atoms with Gasteiger partial charge in [-0.2, -0.15) is 0 Å². The molecular weight excluding hydrogens is 499 g/mol. The van der Waals surface area contributed by atoms with E-state index >= 15 is 0 Å². The average Bonchev–Trinajstić information content (AvgIpc) is 3.21. The number of nitrogens with zero attached hydrogens (tertiary/aromatic N) is 4. The number of thioether (sulfide) groups is 1. The summed E-state index contributed by atoms with van der Waals surface area (Å²) in [5.41, 5.74) is 0.365. The van der Waals surface area contributed by atoms with Crippen molar-refractivity contribution in [3.05, 3.63) is 57.9 Å². The first-order valence-corrected chi connectivity index (χ1v) is 11.5. The Morgan fingerprint density at radius 3 is 2.56 bits per heavy atom. The van der Waals surface area contributed by atoms with Crippen LogP contribution in [-0.2, 0) is 11.3 Å². The van der Waals surface area contributed by atoms with Gasteiger partial charge in [0.15, 0.2) is 0 Å². The number of hydrogen-bond donors (Lipinski definition) is 3. The van der Waals surface area contributed by atoms with Crippen LogP contribution in [0, 0.1) is 0 Å². The molecule has 1 aromatic carbocycles. The number of aliphatic hydroxyl groups excluding tert-OH is 3. The molecule has 8 nitrogen and oxygen atoms in total. The Balaban J connectivity index is 1.78. The van der Waals surface area contributed by atoms with E-state index in [2.05, 4.69) is 15.3 Å². The van der Waals surface area contributed by atoms with Crippen molar-refractivity contribution in [1.82, 2.24) is 20.0 Å². The summed E-state index contributed by atoms with van der Waals surface area (Å²) in [6.07, 6.45) is 1.86. The Kier molecular flexibility index (Phi) is 9.15. The van der Waals surface area contributed by atoms with Crippen molar-refractivity contribution in [2.24, 2.45) is 0 Å².